The maximum Gasteiger partial charge on any atom is 0.339 e. The largest absolute Gasteiger partial charge is 0.478 e. The third kappa shape index (κ3) is 3.06. The molecular weight excluding hydrogens is 196 g/mol. The molecule has 0 atom stereocenters. The lowest BCUT2D eigenvalue weighted by molar-refractivity contribution is 0.0695. The highest BCUT2D eigenvalue weighted by atomic mass is 16.4. The van der Waals surface area contributed by atoms with Crippen molar-refractivity contribution in [2.24, 2.45) is 0 Å². The zero-order valence-electron chi connectivity index (χ0n) is 8.81. The van der Waals surface area contributed by atoms with Crippen molar-refractivity contribution in [1.82, 2.24) is 9.78 Å². The van der Waals surface area contributed by atoms with Crippen LogP contribution in [0, 0.1) is 0 Å². The average molecular weight is 212 g/mol. The van der Waals surface area contributed by atoms with E-state index in [1.54, 1.807) is 4.68 Å². The number of aromatic nitrogens is 2. The first-order valence-electron chi connectivity index (χ1n) is 5.09. The summed E-state index contributed by atoms with van der Waals surface area (Å²) in [6, 6.07) is 0. The molecule has 0 aliphatic carbocycles. The molecule has 0 aromatic carbocycles. The number of carboxylic acid groups (broad SMARTS) is 1. The Morgan fingerprint density at radius 1 is 1.60 bits per heavy atom. The Morgan fingerprint density at radius 2 is 2.33 bits per heavy atom. The summed E-state index contributed by atoms with van der Waals surface area (Å²) in [5, 5.41) is 21.8. The lowest BCUT2D eigenvalue weighted by Crippen LogP contribution is -2.01. The van der Waals surface area contributed by atoms with E-state index < -0.39 is 5.97 Å². The van der Waals surface area contributed by atoms with Crippen LogP contribution in [0.4, 0.5) is 0 Å². The van der Waals surface area contributed by atoms with Gasteiger partial charge in [0.25, 0.3) is 0 Å². The first kappa shape index (κ1) is 11.7. The summed E-state index contributed by atoms with van der Waals surface area (Å²) in [6.45, 7) is 2.63. The van der Waals surface area contributed by atoms with Crippen LogP contribution in [0.3, 0.4) is 0 Å². The van der Waals surface area contributed by atoms with Crippen LogP contribution < -0.4 is 0 Å². The molecule has 2 N–H and O–H groups in total. The molecule has 0 radical (unpaired) electrons. The van der Waals surface area contributed by atoms with E-state index in [9.17, 15) is 4.79 Å². The predicted molar refractivity (Wildman–Crippen MR) is 54.9 cm³/mol. The molecule has 5 heteroatoms. The van der Waals surface area contributed by atoms with Gasteiger partial charge >= 0.3 is 5.97 Å². The van der Waals surface area contributed by atoms with Gasteiger partial charge in [0.15, 0.2) is 0 Å². The van der Waals surface area contributed by atoms with Gasteiger partial charge in [-0.3, -0.25) is 4.68 Å². The molecule has 0 bridgehead atoms. The normalized spacial score (nSPS) is 10.5. The summed E-state index contributed by atoms with van der Waals surface area (Å²) in [6.07, 6.45) is 3.67. The number of nitrogens with zero attached hydrogens (tertiary/aromatic N) is 2. The van der Waals surface area contributed by atoms with Crippen molar-refractivity contribution in [2.45, 2.75) is 32.7 Å². The second-order valence-corrected chi connectivity index (χ2v) is 3.38. The second kappa shape index (κ2) is 5.50. The SMILES string of the molecule is CCCc1nn(CCCO)cc1C(=O)O. The Balaban J connectivity index is 2.83. The lowest BCUT2D eigenvalue weighted by Gasteiger charge is -1.97. The molecule has 1 aromatic heterocycles. The minimum atomic E-state index is -0.936. The van der Waals surface area contributed by atoms with Crippen molar-refractivity contribution >= 4 is 5.97 Å². The fraction of sp³-hybridized carbons (Fsp3) is 0.600. The van der Waals surface area contributed by atoms with Crippen LogP contribution >= 0.6 is 0 Å². The van der Waals surface area contributed by atoms with Gasteiger partial charge < -0.3 is 10.2 Å². The van der Waals surface area contributed by atoms with Crippen molar-refractivity contribution in [1.29, 1.82) is 0 Å². The van der Waals surface area contributed by atoms with E-state index in [-0.39, 0.29) is 12.2 Å². The fourth-order valence-electron chi connectivity index (χ4n) is 1.41. The van der Waals surface area contributed by atoms with E-state index in [0.29, 0.717) is 25.1 Å². The van der Waals surface area contributed by atoms with E-state index in [1.165, 1.54) is 6.20 Å². The third-order valence-corrected chi connectivity index (χ3v) is 2.10. The number of aliphatic hydroxyl groups is 1. The minimum absolute atomic E-state index is 0.0887. The lowest BCUT2D eigenvalue weighted by atomic mass is 10.2. The first-order valence-corrected chi connectivity index (χ1v) is 5.09. The number of aryl methyl sites for hydroxylation is 2. The van der Waals surface area contributed by atoms with Gasteiger partial charge in [-0.1, -0.05) is 13.3 Å². The summed E-state index contributed by atoms with van der Waals surface area (Å²) in [4.78, 5) is 10.9. The molecule has 1 aromatic rings. The zero-order valence-corrected chi connectivity index (χ0v) is 8.81. The Labute approximate surface area is 88.3 Å². The van der Waals surface area contributed by atoms with Crippen molar-refractivity contribution in [3.05, 3.63) is 17.5 Å². The Bertz CT molecular complexity index is 333. The fourth-order valence-corrected chi connectivity index (χ4v) is 1.41. The molecule has 0 saturated carbocycles. The monoisotopic (exact) mass is 212 g/mol. The van der Waals surface area contributed by atoms with Gasteiger partial charge in [0.05, 0.1) is 5.69 Å². The first-order chi connectivity index (χ1) is 7.19. The molecule has 5 nitrogen and oxygen atoms in total. The van der Waals surface area contributed by atoms with Gasteiger partial charge in [0, 0.05) is 19.3 Å². The maximum absolute atomic E-state index is 10.9. The van der Waals surface area contributed by atoms with E-state index in [2.05, 4.69) is 5.10 Å². The number of hydrogen-bond acceptors (Lipinski definition) is 3. The molecule has 0 aliphatic heterocycles. The van der Waals surface area contributed by atoms with E-state index in [1.807, 2.05) is 6.92 Å². The highest BCUT2D eigenvalue weighted by molar-refractivity contribution is 5.88. The van der Waals surface area contributed by atoms with Gasteiger partial charge in [0.1, 0.15) is 5.56 Å². The standard InChI is InChI=1S/C10H16N2O3/c1-2-4-9-8(10(14)15)7-12(11-9)5-3-6-13/h7,13H,2-6H2,1H3,(H,14,15). The summed E-state index contributed by atoms with van der Waals surface area (Å²) >= 11 is 0. The predicted octanol–water partition coefficient (Wildman–Crippen LogP) is 0.916. The van der Waals surface area contributed by atoms with Crippen molar-refractivity contribution in [3.63, 3.8) is 0 Å². The quantitative estimate of drug-likeness (QED) is 0.735. The molecule has 1 heterocycles. The Kier molecular flexibility index (Phi) is 4.30. The van der Waals surface area contributed by atoms with Crippen molar-refractivity contribution in [2.75, 3.05) is 6.61 Å². The van der Waals surface area contributed by atoms with Crippen molar-refractivity contribution < 1.29 is 15.0 Å². The van der Waals surface area contributed by atoms with Gasteiger partial charge in [-0.25, -0.2) is 4.79 Å². The van der Waals surface area contributed by atoms with Gasteiger partial charge in [-0.2, -0.15) is 5.10 Å². The summed E-state index contributed by atoms with van der Waals surface area (Å²) in [5.74, 6) is -0.936. The number of aromatic carboxylic acids is 1. The van der Waals surface area contributed by atoms with Crippen LogP contribution in [0.2, 0.25) is 0 Å². The van der Waals surface area contributed by atoms with Gasteiger partial charge in [-0.05, 0) is 12.8 Å². The number of rotatable bonds is 6. The third-order valence-electron chi connectivity index (χ3n) is 2.10. The average Bonchev–Trinajstić information content (AvgIpc) is 2.59. The summed E-state index contributed by atoms with van der Waals surface area (Å²) in [5.41, 5.74) is 0.901. The topological polar surface area (TPSA) is 75.3 Å². The Morgan fingerprint density at radius 3 is 2.87 bits per heavy atom. The highest BCUT2D eigenvalue weighted by Gasteiger charge is 2.14. The number of carboxylic acids is 1. The van der Waals surface area contributed by atoms with Crippen LogP contribution in [0.1, 0.15) is 35.8 Å². The number of hydrogen-bond donors (Lipinski definition) is 2. The molecule has 0 saturated heterocycles. The van der Waals surface area contributed by atoms with E-state index in [4.69, 9.17) is 10.2 Å². The summed E-state index contributed by atoms with van der Waals surface area (Å²) in [7, 11) is 0. The van der Waals surface area contributed by atoms with E-state index in [0.717, 1.165) is 6.42 Å². The van der Waals surface area contributed by atoms with Crippen LogP contribution in [0.25, 0.3) is 0 Å². The molecule has 15 heavy (non-hydrogen) atoms. The number of aliphatic hydroxyl groups excluding tert-OH is 1. The molecule has 0 aliphatic rings. The molecular formula is C10H16N2O3. The van der Waals surface area contributed by atoms with Crippen LogP contribution in [0.15, 0.2) is 6.20 Å². The maximum atomic E-state index is 10.9. The molecule has 0 spiro atoms. The van der Waals surface area contributed by atoms with Gasteiger partial charge in [0.2, 0.25) is 0 Å². The molecule has 0 unspecified atom stereocenters. The zero-order chi connectivity index (χ0) is 11.3. The summed E-state index contributed by atoms with van der Waals surface area (Å²) < 4.78 is 1.59. The Hall–Kier alpha value is -1.36. The second-order valence-electron chi connectivity index (χ2n) is 3.38. The van der Waals surface area contributed by atoms with Crippen LogP contribution in [-0.4, -0.2) is 32.6 Å². The van der Waals surface area contributed by atoms with Crippen LogP contribution in [-0.2, 0) is 13.0 Å². The van der Waals surface area contributed by atoms with Crippen molar-refractivity contribution in [3.8, 4) is 0 Å². The van der Waals surface area contributed by atoms with Crippen LogP contribution in [0.5, 0.6) is 0 Å². The minimum Gasteiger partial charge on any atom is -0.478 e. The smallest absolute Gasteiger partial charge is 0.339 e. The highest BCUT2D eigenvalue weighted by Crippen LogP contribution is 2.09. The number of carbonyl (C=O) groups is 1. The van der Waals surface area contributed by atoms with Gasteiger partial charge in [-0.15, -0.1) is 0 Å². The van der Waals surface area contributed by atoms with E-state index >= 15 is 0 Å². The molecule has 0 amide bonds. The molecule has 84 valence electrons. The molecule has 1 rings (SSSR count). The molecule has 0 fully saturated rings.